The van der Waals surface area contributed by atoms with Gasteiger partial charge in [0.15, 0.2) is 0 Å². The van der Waals surface area contributed by atoms with Crippen molar-refractivity contribution in [3.05, 3.63) is 30.1 Å². The minimum absolute atomic E-state index is 0.101. The zero-order valence-corrected chi connectivity index (χ0v) is 9.48. The van der Waals surface area contributed by atoms with Crippen molar-refractivity contribution in [3.8, 4) is 0 Å². The van der Waals surface area contributed by atoms with Crippen molar-refractivity contribution >= 4 is 5.91 Å². The zero-order chi connectivity index (χ0) is 11.6. The molecule has 1 aromatic rings. The number of nitrogens with one attached hydrogen (secondary N) is 1. The summed E-state index contributed by atoms with van der Waals surface area (Å²) in [5.74, 6) is 0.101. The van der Waals surface area contributed by atoms with Gasteiger partial charge in [-0.05, 0) is 31.5 Å². The molecule has 0 aromatic carbocycles. The van der Waals surface area contributed by atoms with Gasteiger partial charge in [0, 0.05) is 31.3 Å². The van der Waals surface area contributed by atoms with Crippen LogP contribution >= 0.6 is 0 Å². The van der Waals surface area contributed by atoms with Crippen LogP contribution in [-0.4, -0.2) is 24.0 Å². The number of nitrogens with two attached hydrogens (primary N) is 1. The molecule has 4 heteroatoms. The maximum absolute atomic E-state index is 11.3. The second-order valence-electron chi connectivity index (χ2n) is 3.67. The normalized spacial score (nSPS) is 10.1. The fourth-order valence-electron chi connectivity index (χ4n) is 1.39. The van der Waals surface area contributed by atoms with Gasteiger partial charge in [-0.2, -0.15) is 0 Å². The first-order valence-corrected chi connectivity index (χ1v) is 5.69. The van der Waals surface area contributed by atoms with Crippen molar-refractivity contribution in [1.29, 1.82) is 0 Å². The van der Waals surface area contributed by atoms with Crippen LogP contribution < -0.4 is 11.1 Å². The van der Waals surface area contributed by atoms with Crippen LogP contribution in [0, 0.1) is 0 Å². The molecule has 16 heavy (non-hydrogen) atoms. The van der Waals surface area contributed by atoms with Crippen molar-refractivity contribution in [2.45, 2.75) is 25.7 Å². The van der Waals surface area contributed by atoms with Crippen LogP contribution in [0.2, 0.25) is 0 Å². The van der Waals surface area contributed by atoms with Gasteiger partial charge in [-0.15, -0.1) is 0 Å². The highest BCUT2D eigenvalue weighted by molar-refractivity contribution is 5.75. The molecule has 0 saturated carbocycles. The van der Waals surface area contributed by atoms with E-state index in [1.165, 1.54) is 0 Å². The van der Waals surface area contributed by atoms with Gasteiger partial charge in [0.2, 0.25) is 5.91 Å². The van der Waals surface area contributed by atoms with Crippen molar-refractivity contribution in [1.82, 2.24) is 10.3 Å². The van der Waals surface area contributed by atoms with Crippen LogP contribution in [0.25, 0.3) is 0 Å². The lowest BCUT2D eigenvalue weighted by Crippen LogP contribution is -2.25. The minimum atomic E-state index is 0.101. The van der Waals surface area contributed by atoms with Crippen LogP contribution in [0.1, 0.15) is 25.0 Å². The van der Waals surface area contributed by atoms with Gasteiger partial charge in [-0.25, -0.2) is 0 Å². The number of hydrogen-bond donors (Lipinski definition) is 2. The fraction of sp³-hybridized carbons (Fsp3) is 0.500. The predicted molar refractivity (Wildman–Crippen MR) is 63.9 cm³/mol. The lowest BCUT2D eigenvalue weighted by atomic mass is 10.2. The Kier molecular flexibility index (Phi) is 6.18. The minimum Gasteiger partial charge on any atom is -0.356 e. The monoisotopic (exact) mass is 221 g/mol. The Morgan fingerprint density at radius 1 is 1.38 bits per heavy atom. The second-order valence-corrected chi connectivity index (χ2v) is 3.67. The number of aromatic nitrogens is 1. The SMILES string of the molecule is NCCCCC(=O)NCCc1ccccn1. The molecule has 88 valence electrons. The molecule has 0 spiro atoms. The van der Waals surface area contributed by atoms with Crippen LogP contribution in [-0.2, 0) is 11.2 Å². The Balaban J connectivity index is 2.09. The lowest BCUT2D eigenvalue weighted by Gasteiger charge is -2.04. The molecule has 1 rings (SSSR count). The van der Waals surface area contributed by atoms with Crippen molar-refractivity contribution in [2.75, 3.05) is 13.1 Å². The Labute approximate surface area is 96.3 Å². The van der Waals surface area contributed by atoms with Crippen molar-refractivity contribution < 1.29 is 4.79 Å². The number of carbonyl (C=O) groups is 1. The molecular formula is C12H19N3O. The quantitative estimate of drug-likeness (QED) is 0.671. The van der Waals surface area contributed by atoms with E-state index in [9.17, 15) is 4.79 Å². The lowest BCUT2D eigenvalue weighted by molar-refractivity contribution is -0.121. The summed E-state index contributed by atoms with van der Waals surface area (Å²) in [6.07, 6.45) is 4.89. The summed E-state index contributed by atoms with van der Waals surface area (Å²) in [5, 5.41) is 2.87. The van der Waals surface area contributed by atoms with Gasteiger partial charge in [0.25, 0.3) is 0 Å². The largest absolute Gasteiger partial charge is 0.356 e. The van der Waals surface area contributed by atoms with Gasteiger partial charge in [-0.3, -0.25) is 9.78 Å². The van der Waals surface area contributed by atoms with E-state index in [1.807, 2.05) is 18.2 Å². The van der Waals surface area contributed by atoms with Gasteiger partial charge in [-0.1, -0.05) is 6.07 Å². The molecule has 0 bridgehead atoms. The van der Waals surface area contributed by atoms with Crippen LogP contribution in [0.5, 0.6) is 0 Å². The number of carbonyl (C=O) groups excluding carboxylic acids is 1. The maximum Gasteiger partial charge on any atom is 0.220 e. The standard InChI is InChI=1S/C12H19N3O/c13-8-3-1-6-12(16)15-10-7-11-5-2-4-9-14-11/h2,4-5,9H,1,3,6-8,10,13H2,(H,15,16). The molecule has 0 saturated heterocycles. The summed E-state index contributed by atoms with van der Waals surface area (Å²) < 4.78 is 0. The Hall–Kier alpha value is -1.42. The molecule has 1 aromatic heterocycles. The van der Waals surface area contributed by atoms with Crippen LogP contribution in [0.3, 0.4) is 0 Å². The van der Waals surface area contributed by atoms with E-state index >= 15 is 0 Å². The molecule has 1 heterocycles. The highest BCUT2D eigenvalue weighted by Gasteiger charge is 2.00. The van der Waals surface area contributed by atoms with Crippen molar-refractivity contribution in [3.63, 3.8) is 0 Å². The van der Waals surface area contributed by atoms with E-state index in [0.29, 0.717) is 19.5 Å². The summed E-state index contributed by atoms with van der Waals surface area (Å²) >= 11 is 0. The average Bonchev–Trinajstić information content (AvgIpc) is 2.31. The third kappa shape index (κ3) is 5.46. The smallest absolute Gasteiger partial charge is 0.220 e. The number of unbranched alkanes of at least 4 members (excludes halogenated alkanes) is 1. The first kappa shape index (κ1) is 12.6. The molecule has 1 amide bonds. The van der Waals surface area contributed by atoms with Gasteiger partial charge >= 0.3 is 0 Å². The van der Waals surface area contributed by atoms with E-state index in [0.717, 1.165) is 25.0 Å². The van der Waals surface area contributed by atoms with Gasteiger partial charge < -0.3 is 11.1 Å². The number of nitrogens with zero attached hydrogens (tertiary/aromatic N) is 1. The molecule has 3 N–H and O–H groups in total. The molecule has 0 aliphatic carbocycles. The van der Waals surface area contributed by atoms with E-state index in [2.05, 4.69) is 10.3 Å². The molecule has 0 fully saturated rings. The molecule has 4 nitrogen and oxygen atoms in total. The zero-order valence-electron chi connectivity index (χ0n) is 9.48. The first-order valence-electron chi connectivity index (χ1n) is 5.69. The molecular weight excluding hydrogens is 202 g/mol. The molecule has 0 radical (unpaired) electrons. The summed E-state index contributed by atoms with van der Waals surface area (Å²) in [6.45, 7) is 1.31. The summed E-state index contributed by atoms with van der Waals surface area (Å²) in [5.41, 5.74) is 6.36. The summed E-state index contributed by atoms with van der Waals surface area (Å²) in [7, 11) is 0. The third-order valence-corrected chi connectivity index (χ3v) is 2.29. The Morgan fingerprint density at radius 3 is 2.94 bits per heavy atom. The van der Waals surface area contributed by atoms with Crippen molar-refractivity contribution in [2.24, 2.45) is 5.73 Å². The van der Waals surface area contributed by atoms with Gasteiger partial charge in [0.05, 0.1) is 0 Å². The number of hydrogen-bond acceptors (Lipinski definition) is 3. The molecule has 0 aliphatic rings. The average molecular weight is 221 g/mol. The van der Waals surface area contributed by atoms with Crippen LogP contribution in [0.15, 0.2) is 24.4 Å². The highest BCUT2D eigenvalue weighted by atomic mass is 16.1. The molecule has 0 atom stereocenters. The maximum atomic E-state index is 11.3. The second kappa shape index (κ2) is 7.82. The predicted octanol–water partition coefficient (Wildman–Crippen LogP) is 0.869. The third-order valence-electron chi connectivity index (χ3n) is 2.29. The number of rotatable bonds is 7. The Bertz CT molecular complexity index is 300. The molecule has 0 aliphatic heterocycles. The first-order chi connectivity index (χ1) is 7.83. The fourth-order valence-corrected chi connectivity index (χ4v) is 1.39. The molecule has 0 unspecified atom stereocenters. The number of pyridine rings is 1. The highest BCUT2D eigenvalue weighted by Crippen LogP contribution is 1.95. The van der Waals surface area contributed by atoms with Crippen LogP contribution in [0.4, 0.5) is 0 Å². The van der Waals surface area contributed by atoms with Gasteiger partial charge in [0.1, 0.15) is 0 Å². The summed E-state index contributed by atoms with van der Waals surface area (Å²) in [6, 6.07) is 5.79. The van der Waals surface area contributed by atoms with E-state index in [4.69, 9.17) is 5.73 Å². The summed E-state index contributed by atoms with van der Waals surface area (Å²) in [4.78, 5) is 15.5. The van der Waals surface area contributed by atoms with E-state index < -0.39 is 0 Å². The van der Waals surface area contributed by atoms with E-state index in [-0.39, 0.29) is 5.91 Å². The topological polar surface area (TPSA) is 68.0 Å². The Morgan fingerprint density at radius 2 is 2.25 bits per heavy atom. The van der Waals surface area contributed by atoms with E-state index in [1.54, 1.807) is 6.20 Å². The number of amides is 1.